The number of nitrogens with zero attached hydrogens (tertiary/aromatic N) is 1. The average molecular weight is 383 g/mol. The molecule has 0 fully saturated rings. The van der Waals surface area contributed by atoms with Crippen molar-refractivity contribution in [1.29, 1.82) is 0 Å². The van der Waals surface area contributed by atoms with Gasteiger partial charge in [0.2, 0.25) is 5.91 Å². The van der Waals surface area contributed by atoms with Crippen molar-refractivity contribution < 1.29 is 51.0 Å². The van der Waals surface area contributed by atoms with Crippen LogP contribution in [0.15, 0.2) is 24.3 Å². The largest absolute Gasteiger partial charge is 0.494 e. The Labute approximate surface area is 154 Å². The second-order valence-corrected chi connectivity index (χ2v) is 4.93. The summed E-state index contributed by atoms with van der Waals surface area (Å²) < 4.78 is 30.8. The molecule has 1 radical (unpaired) electrons. The Morgan fingerprint density at radius 1 is 1.36 bits per heavy atom. The molecular formula is C16H18F2NO2Y-. The number of rotatable bonds is 5. The monoisotopic (exact) mass is 383 g/mol. The number of benzene rings is 1. The summed E-state index contributed by atoms with van der Waals surface area (Å²) in [5.74, 6) is 0.117. The molecule has 1 aromatic rings. The summed E-state index contributed by atoms with van der Waals surface area (Å²) in [5.41, 5.74) is 1.13. The predicted octanol–water partition coefficient (Wildman–Crippen LogP) is 3.36. The Balaban J connectivity index is 0.00000242. The third-order valence-corrected chi connectivity index (χ3v) is 3.29. The maximum atomic E-state index is 12.7. The van der Waals surface area contributed by atoms with Gasteiger partial charge in [-0.3, -0.25) is 4.79 Å². The van der Waals surface area contributed by atoms with Gasteiger partial charge in [0.15, 0.2) is 0 Å². The number of allylic oxidation sites excluding steroid dienone is 1. The first kappa shape index (κ1) is 19.2. The topological polar surface area (TPSA) is 29.5 Å². The fraction of sp³-hybridized carbons (Fsp3) is 0.438. The van der Waals surface area contributed by atoms with Gasteiger partial charge >= 0.3 is 0 Å². The number of carbonyl (C=O) groups excluding carboxylic acids is 1. The molecule has 0 saturated heterocycles. The van der Waals surface area contributed by atoms with E-state index in [0.717, 1.165) is 4.90 Å². The van der Waals surface area contributed by atoms with Gasteiger partial charge in [0, 0.05) is 38.6 Å². The van der Waals surface area contributed by atoms with Crippen molar-refractivity contribution in [3.8, 4) is 5.75 Å². The summed E-state index contributed by atoms with van der Waals surface area (Å²) in [7, 11) is 0. The molecule has 6 heteroatoms. The van der Waals surface area contributed by atoms with Gasteiger partial charge in [0.25, 0.3) is 6.43 Å². The van der Waals surface area contributed by atoms with Crippen molar-refractivity contribution in [3.05, 3.63) is 35.9 Å². The predicted molar refractivity (Wildman–Crippen MR) is 75.8 cm³/mol. The summed E-state index contributed by atoms with van der Waals surface area (Å²) in [6.45, 7) is 3.57. The molecule has 0 aromatic heterocycles. The average Bonchev–Trinajstić information content (AvgIpc) is 2.45. The molecule has 1 unspecified atom stereocenters. The molecule has 1 heterocycles. The van der Waals surface area contributed by atoms with E-state index in [1.54, 1.807) is 31.2 Å². The van der Waals surface area contributed by atoms with Gasteiger partial charge in [-0.05, 0) is 19.1 Å². The van der Waals surface area contributed by atoms with Gasteiger partial charge in [-0.25, -0.2) is 14.9 Å². The molecule has 1 aliphatic heterocycles. The smallest absolute Gasteiger partial charge is 0.256 e. The van der Waals surface area contributed by atoms with E-state index in [1.807, 2.05) is 6.92 Å². The van der Waals surface area contributed by atoms with Crippen LogP contribution in [0.2, 0.25) is 0 Å². The van der Waals surface area contributed by atoms with E-state index in [1.165, 1.54) is 0 Å². The zero-order valence-corrected chi connectivity index (χ0v) is 15.5. The maximum Gasteiger partial charge on any atom is 0.256 e. The van der Waals surface area contributed by atoms with Gasteiger partial charge in [-0.15, -0.1) is 17.8 Å². The molecule has 117 valence electrons. The van der Waals surface area contributed by atoms with Gasteiger partial charge in [0.05, 0.1) is 13.2 Å². The van der Waals surface area contributed by atoms with E-state index in [0.29, 0.717) is 30.0 Å². The Bertz CT molecular complexity index is 531. The molecule has 0 spiro atoms. The number of carbonyl (C=O) groups is 1. The van der Waals surface area contributed by atoms with E-state index in [-0.39, 0.29) is 44.5 Å². The SMILES string of the molecule is CCOc1ccc(C2=[C-]CC(C)C(=O)N2CC(F)F)cc1.[Y]. The Morgan fingerprint density at radius 3 is 2.55 bits per heavy atom. The van der Waals surface area contributed by atoms with Crippen molar-refractivity contribution in [2.24, 2.45) is 5.92 Å². The third kappa shape index (κ3) is 4.59. The van der Waals surface area contributed by atoms with Crippen LogP contribution >= 0.6 is 0 Å². The summed E-state index contributed by atoms with van der Waals surface area (Å²) in [6.07, 6.45) is 0.945. The standard InChI is InChI=1S/C16H18F2NO2.Y/c1-3-21-13-7-5-12(6-8-13)14-9-4-11(2)16(20)19(14)10-15(17)18;/h5-8,11,15H,3-4,10H2,1-2H3;/q-1;. The van der Waals surface area contributed by atoms with Crippen LogP contribution in [0.3, 0.4) is 0 Å². The fourth-order valence-corrected chi connectivity index (χ4v) is 2.26. The van der Waals surface area contributed by atoms with Crippen molar-refractivity contribution in [2.75, 3.05) is 13.2 Å². The summed E-state index contributed by atoms with van der Waals surface area (Å²) >= 11 is 0. The molecule has 22 heavy (non-hydrogen) atoms. The van der Waals surface area contributed by atoms with Gasteiger partial charge < -0.3 is 9.64 Å². The van der Waals surface area contributed by atoms with Crippen LogP contribution in [-0.2, 0) is 37.5 Å². The first-order chi connectivity index (χ1) is 10.0. The molecule has 2 rings (SSSR count). The zero-order chi connectivity index (χ0) is 15.4. The van der Waals surface area contributed by atoms with Crippen LogP contribution in [0.4, 0.5) is 8.78 Å². The van der Waals surface area contributed by atoms with Gasteiger partial charge in [0.1, 0.15) is 5.75 Å². The Hall–Kier alpha value is -0.806. The van der Waals surface area contributed by atoms with Crippen LogP contribution in [-0.4, -0.2) is 30.4 Å². The maximum absolute atomic E-state index is 12.7. The number of halogens is 2. The number of amides is 1. The van der Waals surface area contributed by atoms with Crippen molar-refractivity contribution >= 4 is 11.6 Å². The molecule has 0 N–H and O–H groups in total. The van der Waals surface area contributed by atoms with Crippen LogP contribution in [0, 0.1) is 12.0 Å². The minimum Gasteiger partial charge on any atom is -0.494 e. The number of hydrogen-bond donors (Lipinski definition) is 0. The van der Waals surface area contributed by atoms with E-state index in [2.05, 4.69) is 6.08 Å². The van der Waals surface area contributed by atoms with Crippen LogP contribution in [0.25, 0.3) is 5.70 Å². The second kappa shape index (κ2) is 8.73. The van der Waals surface area contributed by atoms with E-state index < -0.39 is 13.0 Å². The van der Waals surface area contributed by atoms with Crippen LogP contribution in [0.1, 0.15) is 25.8 Å². The van der Waals surface area contributed by atoms with Crippen molar-refractivity contribution in [3.63, 3.8) is 0 Å². The Kier molecular flexibility index (Phi) is 7.63. The number of alkyl halides is 2. The van der Waals surface area contributed by atoms with E-state index >= 15 is 0 Å². The third-order valence-electron chi connectivity index (χ3n) is 3.29. The Morgan fingerprint density at radius 2 is 2.00 bits per heavy atom. The van der Waals surface area contributed by atoms with Gasteiger partial charge in [-0.2, -0.15) is 5.56 Å². The quantitative estimate of drug-likeness (QED) is 0.730. The first-order valence-corrected chi connectivity index (χ1v) is 6.96. The van der Waals surface area contributed by atoms with Crippen molar-refractivity contribution in [2.45, 2.75) is 26.7 Å². The summed E-state index contributed by atoms with van der Waals surface area (Å²) in [5, 5.41) is 0. The number of ether oxygens (including phenoxy) is 1. The van der Waals surface area contributed by atoms with Crippen molar-refractivity contribution in [1.82, 2.24) is 4.90 Å². The molecule has 3 nitrogen and oxygen atoms in total. The minimum atomic E-state index is -2.57. The molecular weight excluding hydrogens is 365 g/mol. The fourth-order valence-electron chi connectivity index (χ4n) is 2.26. The normalized spacial score (nSPS) is 18.0. The van der Waals surface area contributed by atoms with Crippen LogP contribution in [0.5, 0.6) is 5.75 Å². The van der Waals surface area contributed by atoms with E-state index in [9.17, 15) is 13.6 Å². The van der Waals surface area contributed by atoms with E-state index in [4.69, 9.17) is 4.74 Å². The minimum absolute atomic E-state index is 0. The second-order valence-electron chi connectivity index (χ2n) is 4.93. The molecule has 1 amide bonds. The summed E-state index contributed by atoms with van der Waals surface area (Å²) in [6, 6.07) is 7.04. The summed E-state index contributed by atoms with van der Waals surface area (Å²) in [4.78, 5) is 13.3. The van der Waals surface area contributed by atoms with Crippen LogP contribution < -0.4 is 4.74 Å². The number of hydrogen-bond acceptors (Lipinski definition) is 2. The van der Waals surface area contributed by atoms with Gasteiger partial charge in [-0.1, -0.05) is 13.3 Å². The molecule has 1 aliphatic rings. The molecule has 1 atom stereocenters. The zero-order valence-electron chi connectivity index (χ0n) is 12.7. The molecule has 0 saturated carbocycles. The molecule has 1 aromatic carbocycles. The first-order valence-electron chi connectivity index (χ1n) is 6.96. The molecule has 0 bridgehead atoms. The molecule has 0 aliphatic carbocycles.